The van der Waals surface area contributed by atoms with Crippen LogP contribution in [0, 0.1) is 0 Å². The zero-order valence-electron chi connectivity index (χ0n) is 8.33. The first kappa shape index (κ1) is 8.91. The highest BCUT2D eigenvalue weighted by Crippen LogP contribution is 2.14. The van der Waals surface area contributed by atoms with E-state index < -0.39 is 0 Å². The second-order valence-electron chi connectivity index (χ2n) is 3.42. The largest absolute Gasteiger partial charge is 0.472 e. The van der Waals surface area contributed by atoms with Gasteiger partial charge >= 0.3 is 0 Å². The van der Waals surface area contributed by atoms with Crippen LogP contribution in [0.3, 0.4) is 0 Å². The summed E-state index contributed by atoms with van der Waals surface area (Å²) in [6, 6.07) is 9.14. The van der Waals surface area contributed by atoms with Gasteiger partial charge in [0.2, 0.25) is 0 Å². The molecule has 1 aromatic carbocycles. The van der Waals surface area contributed by atoms with Gasteiger partial charge in [-0.1, -0.05) is 12.1 Å². The highest BCUT2D eigenvalue weighted by molar-refractivity contribution is 6.00. The third kappa shape index (κ3) is 1.24. The van der Waals surface area contributed by atoms with E-state index in [4.69, 9.17) is 4.42 Å². The molecule has 78 valence electrons. The lowest BCUT2D eigenvalue weighted by Crippen LogP contribution is -2.09. The van der Waals surface area contributed by atoms with Crippen LogP contribution in [0.25, 0.3) is 11.0 Å². The number of hydrogen-bond donors (Lipinski definition) is 0. The van der Waals surface area contributed by atoms with E-state index in [0.29, 0.717) is 5.56 Å². The van der Waals surface area contributed by atoms with Crippen molar-refractivity contribution in [3.05, 3.63) is 54.7 Å². The maximum absolute atomic E-state index is 12.0. The van der Waals surface area contributed by atoms with Crippen LogP contribution >= 0.6 is 0 Å². The van der Waals surface area contributed by atoms with Gasteiger partial charge in [-0.2, -0.15) is 0 Å². The molecule has 0 unspecified atom stereocenters. The third-order valence-corrected chi connectivity index (χ3v) is 2.44. The van der Waals surface area contributed by atoms with Crippen LogP contribution < -0.4 is 0 Å². The summed E-state index contributed by atoms with van der Waals surface area (Å²) < 4.78 is 6.41. The Morgan fingerprint density at radius 1 is 1.25 bits per heavy atom. The molecule has 0 bridgehead atoms. The first-order valence-corrected chi connectivity index (χ1v) is 4.85. The monoisotopic (exact) mass is 212 g/mol. The van der Waals surface area contributed by atoms with Gasteiger partial charge in [-0.05, 0) is 18.2 Å². The molecule has 0 saturated carbocycles. The van der Waals surface area contributed by atoms with E-state index in [0.717, 1.165) is 11.0 Å². The standard InChI is InChI=1S/C12H8N2O2/c15-12(9-5-6-16-7-9)14-8-13-10-3-1-2-4-11(10)14/h1-8H. The third-order valence-electron chi connectivity index (χ3n) is 2.44. The lowest BCUT2D eigenvalue weighted by molar-refractivity contribution is 0.0964. The van der Waals surface area contributed by atoms with Crippen molar-refractivity contribution < 1.29 is 9.21 Å². The van der Waals surface area contributed by atoms with Crippen LogP contribution in [0.15, 0.2) is 53.6 Å². The van der Waals surface area contributed by atoms with Gasteiger partial charge in [-0.15, -0.1) is 0 Å². The van der Waals surface area contributed by atoms with Gasteiger partial charge in [0.15, 0.2) is 0 Å². The topological polar surface area (TPSA) is 48.0 Å². The number of furan rings is 1. The smallest absolute Gasteiger partial charge is 0.266 e. The summed E-state index contributed by atoms with van der Waals surface area (Å²) >= 11 is 0. The quantitative estimate of drug-likeness (QED) is 0.621. The number of aromatic nitrogens is 2. The van der Waals surface area contributed by atoms with Crippen LogP contribution in [-0.4, -0.2) is 15.5 Å². The molecule has 0 radical (unpaired) electrons. The first-order chi connectivity index (χ1) is 7.86. The molecule has 4 nitrogen and oxygen atoms in total. The Labute approximate surface area is 91.1 Å². The summed E-state index contributed by atoms with van der Waals surface area (Å²) in [6.45, 7) is 0. The maximum Gasteiger partial charge on any atom is 0.266 e. The summed E-state index contributed by atoms with van der Waals surface area (Å²) in [5, 5.41) is 0. The fourth-order valence-electron chi connectivity index (χ4n) is 1.65. The Kier molecular flexibility index (Phi) is 1.86. The van der Waals surface area contributed by atoms with Gasteiger partial charge in [0.1, 0.15) is 12.6 Å². The maximum atomic E-state index is 12.0. The summed E-state index contributed by atoms with van der Waals surface area (Å²) in [7, 11) is 0. The minimum atomic E-state index is -0.137. The molecule has 0 aliphatic rings. The van der Waals surface area contributed by atoms with Crippen molar-refractivity contribution in [2.75, 3.05) is 0 Å². The Hall–Kier alpha value is -2.36. The number of hydrogen-bond acceptors (Lipinski definition) is 3. The predicted octanol–water partition coefficient (Wildman–Crippen LogP) is 2.32. The van der Waals surface area contributed by atoms with E-state index in [1.807, 2.05) is 24.3 Å². The van der Waals surface area contributed by atoms with Crippen molar-refractivity contribution in [1.82, 2.24) is 9.55 Å². The van der Waals surface area contributed by atoms with E-state index in [1.165, 1.54) is 23.4 Å². The van der Waals surface area contributed by atoms with E-state index in [-0.39, 0.29) is 5.91 Å². The van der Waals surface area contributed by atoms with Crippen molar-refractivity contribution >= 4 is 16.9 Å². The first-order valence-electron chi connectivity index (χ1n) is 4.85. The van der Waals surface area contributed by atoms with E-state index >= 15 is 0 Å². The molecule has 3 aromatic rings. The van der Waals surface area contributed by atoms with Crippen molar-refractivity contribution in [2.24, 2.45) is 0 Å². The lowest BCUT2D eigenvalue weighted by Gasteiger charge is -1.99. The zero-order chi connectivity index (χ0) is 11.0. The second kappa shape index (κ2) is 3.34. The Balaban J connectivity index is 2.16. The number of rotatable bonds is 1. The number of fused-ring (bicyclic) bond motifs is 1. The molecular weight excluding hydrogens is 204 g/mol. The van der Waals surface area contributed by atoms with Gasteiger partial charge < -0.3 is 4.42 Å². The molecule has 3 rings (SSSR count). The molecule has 2 aromatic heterocycles. The average Bonchev–Trinajstić information content (AvgIpc) is 2.98. The summed E-state index contributed by atoms with van der Waals surface area (Å²) in [6.07, 6.45) is 4.43. The Morgan fingerprint density at radius 2 is 2.12 bits per heavy atom. The van der Waals surface area contributed by atoms with E-state index in [1.54, 1.807) is 6.07 Å². The zero-order valence-corrected chi connectivity index (χ0v) is 8.33. The molecule has 0 aliphatic heterocycles. The molecule has 0 saturated heterocycles. The van der Waals surface area contributed by atoms with Crippen LogP contribution in [-0.2, 0) is 0 Å². The van der Waals surface area contributed by atoms with Crippen LogP contribution in [0.1, 0.15) is 10.4 Å². The molecule has 0 spiro atoms. The fraction of sp³-hybridized carbons (Fsp3) is 0. The highest BCUT2D eigenvalue weighted by atomic mass is 16.3. The van der Waals surface area contributed by atoms with E-state index in [2.05, 4.69) is 4.98 Å². The van der Waals surface area contributed by atoms with Crippen molar-refractivity contribution in [1.29, 1.82) is 0 Å². The number of carbonyl (C=O) groups excluding carboxylic acids is 1. The molecule has 2 heterocycles. The summed E-state index contributed by atoms with van der Waals surface area (Å²) in [4.78, 5) is 16.2. The highest BCUT2D eigenvalue weighted by Gasteiger charge is 2.12. The predicted molar refractivity (Wildman–Crippen MR) is 58.2 cm³/mol. The Bertz CT molecular complexity index is 638. The molecule has 0 aliphatic carbocycles. The van der Waals surface area contributed by atoms with Crippen LogP contribution in [0.2, 0.25) is 0 Å². The van der Waals surface area contributed by atoms with Crippen molar-refractivity contribution in [3.8, 4) is 0 Å². The molecular formula is C12H8N2O2. The van der Waals surface area contributed by atoms with E-state index in [9.17, 15) is 4.79 Å². The van der Waals surface area contributed by atoms with Crippen molar-refractivity contribution in [2.45, 2.75) is 0 Å². The fourth-order valence-corrected chi connectivity index (χ4v) is 1.65. The molecule has 0 amide bonds. The second-order valence-corrected chi connectivity index (χ2v) is 3.42. The van der Waals surface area contributed by atoms with Gasteiger partial charge in [-0.25, -0.2) is 4.98 Å². The number of para-hydroxylation sites is 2. The molecule has 0 N–H and O–H groups in total. The summed E-state index contributed by atoms with van der Waals surface area (Å²) in [5.41, 5.74) is 2.12. The lowest BCUT2D eigenvalue weighted by atomic mass is 10.3. The summed E-state index contributed by atoms with van der Waals surface area (Å²) in [5.74, 6) is -0.137. The molecule has 0 fully saturated rings. The Morgan fingerprint density at radius 3 is 2.94 bits per heavy atom. The number of imidazole rings is 1. The minimum absolute atomic E-state index is 0.137. The number of benzene rings is 1. The number of carbonyl (C=O) groups is 1. The minimum Gasteiger partial charge on any atom is -0.472 e. The SMILES string of the molecule is O=C(c1ccoc1)n1cnc2ccccc21. The average molecular weight is 212 g/mol. The van der Waals surface area contributed by atoms with Crippen LogP contribution in [0.4, 0.5) is 0 Å². The number of nitrogens with zero attached hydrogens (tertiary/aromatic N) is 2. The molecule has 16 heavy (non-hydrogen) atoms. The van der Waals surface area contributed by atoms with Gasteiger partial charge in [-0.3, -0.25) is 9.36 Å². The van der Waals surface area contributed by atoms with Crippen molar-refractivity contribution in [3.63, 3.8) is 0 Å². The normalized spacial score (nSPS) is 10.8. The molecule has 0 atom stereocenters. The molecule has 4 heteroatoms. The van der Waals surface area contributed by atoms with Gasteiger partial charge in [0.25, 0.3) is 5.91 Å². The van der Waals surface area contributed by atoms with Gasteiger partial charge in [0.05, 0.1) is 22.9 Å². The van der Waals surface area contributed by atoms with Crippen LogP contribution in [0.5, 0.6) is 0 Å². The van der Waals surface area contributed by atoms with Gasteiger partial charge in [0, 0.05) is 0 Å².